The minimum atomic E-state index is -0.252. The molecule has 1 saturated carbocycles. The van der Waals surface area contributed by atoms with Gasteiger partial charge in [0.1, 0.15) is 5.82 Å². The fourth-order valence-corrected chi connectivity index (χ4v) is 4.01. The second-order valence-corrected chi connectivity index (χ2v) is 7.61. The summed E-state index contributed by atoms with van der Waals surface area (Å²) in [4.78, 5) is 14.3. The fourth-order valence-electron chi connectivity index (χ4n) is 3.80. The molecule has 3 rings (SSSR count). The Hall–Kier alpha value is -1.91. The molecule has 2 aromatic rings. The van der Waals surface area contributed by atoms with E-state index in [0.717, 1.165) is 29.0 Å². The average Bonchev–Trinajstić information content (AvgIpc) is 3.04. The third-order valence-electron chi connectivity index (χ3n) is 5.10. The molecule has 1 aliphatic carbocycles. The maximum Gasteiger partial charge on any atom is 0.225 e. The van der Waals surface area contributed by atoms with Crippen LogP contribution in [0.5, 0.6) is 0 Å². The van der Waals surface area contributed by atoms with E-state index in [2.05, 4.69) is 5.32 Å². The fraction of sp³-hybridized carbons (Fsp3) is 0.381. The van der Waals surface area contributed by atoms with E-state index in [9.17, 15) is 9.18 Å². The van der Waals surface area contributed by atoms with Crippen LogP contribution >= 0.6 is 11.6 Å². The van der Waals surface area contributed by atoms with Crippen LogP contribution in [0.15, 0.2) is 48.5 Å². The van der Waals surface area contributed by atoms with E-state index in [0.29, 0.717) is 6.54 Å². The summed E-state index contributed by atoms with van der Waals surface area (Å²) >= 11 is 6.05. The van der Waals surface area contributed by atoms with E-state index in [-0.39, 0.29) is 29.6 Å². The second kappa shape index (κ2) is 8.19. The largest absolute Gasteiger partial charge is 0.349 e. The smallest absolute Gasteiger partial charge is 0.225 e. The summed E-state index contributed by atoms with van der Waals surface area (Å²) in [5.74, 6) is -0.112. The summed E-state index contributed by atoms with van der Waals surface area (Å²) < 4.78 is 13.3. The number of halogens is 2. The predicted octanol–water partition coefficient (Wildman–Crippen LogP) is 4.22. The van der Waals surface area contributed by atoms with E-state index >= 15 is 0 Å². The van der Waals surface area contributed by atoms with Crippen molar-refractivity contribution in [2.45, 2.75) is 31.3 Å². The molecule has 138 valence electrons. The van der Waals surface area contributed by atoms with Crippen molar-refractivity contribution in [3.63, 3.8) is 0 Å². The normalized spacial score (nSPS) is 22.4. The van der Waals surface area contributed by atoms with Crippen molar-refractivity contribution in [2.24, 2.45) is 5.92 Å². The van der Waals surface area contributed by atoms with Gasteiger partial charge in [0.25, 0.3) is 0 Å². The number of nitrogens with zero attached hydrogens (tertiary/aromatic N) is 1. The Labute approximate surface area is 159 Å². The van der Waals surface area contributed by atoms with Crippen LogP contribution in [-0.2, 0) is 11.3 Å². The van der Waals surface area contributed by atoms with Crippen LogP contribution in [0, 0.1) is 11.7 Å². The Bertz CT molecular complexity index is 763. The number of benzene rings is 2. The van der Waals surface area contributed by atoms with Gasteiger partial charge in [-0.2, -0.15) is 0 Å². The van der Waals surface area contributed by atoms with Gasteiger partial charge in [0, 0.05) is 37.6 Å². The van der Waals surface area contributed by atoms with Gasteiger partial charge < -0.3 is 10.2 Å². The van der Waals surface area contributed by atoms with Gasteiger partial charge in [-0.25, -0.2) is 4.39 Å². The van der Waals surface area contributed by atoms with E-state index in [1.54, 1.807) is 31.1 Å². The summed E-state index contributed by atoms with van der Waals surface area (Å²) in [6, 6.07) is 14.6. The highest BCUT2D eigenvalue weighted by molar-refractivity contribution is 6.30. The quantitative estimate of drug-likeness (QED) is 0.849. The zero-order valence-electron chi connectivity index (χ0n) is 15.1. The first kappa shape index (κ1) is 18.9. The lowest BCUT2D eigenvalue weighted by Crippen LogP contribution is -2.32. The number of nitrogens with one attached hydrogen (secondary N) is 1. The first-order valence-corrected chi connectivity index (χ1v) is 9.26. The summed E-state index contributed by atoms with van der Waals surface area (Å²) in [7, 11) is 3.58. The first-order chi connectivity index (χ1) is 12.4. The number of hydrogen-bond donors (Lipinski definition) is 1. The van der Waals surface area contributed by atoms with Crippen LogP contribution in [0.25, 0.3) is 0 Å². The van der Waals surface area contributed by atoms with Crippen LogP contribution in [-0.4, -0.2) is 30.9 Å². The number of carbonyl (C=O) groups excluding carboxylic acids is 1. The number of amides is 1. The van der Waals surface area contributed by atoms with Crippen molar-refractivity contribution in [3.05, 3.63) is 70.5 Å². The lowest BCUT2D eigenvalue weighted by Gasteiger charge is -2.22. The van der Waals surface area contributed by atoms with Crippen LogP contribution in [0.1, 0.15) is 29.9 Å². The maximum absolute atomic E-state index is 13.3. The molecule has 0 heterocycles. The molecule has 3 atom stereocenters. The highest BCUT2D eigenvalue weighted by atomic mass is 35.5. The van der Waals surface area contributed by atoms with Gasteiger partial charge in [0.15, 0.2) is 0 Å². The molecule has 1 aliphatic rings. The van der Waals surface area contributed by atoms with Crippen LogP contribution in [0.3, 0.4) is 0 Å². The lowest BCUT2D eigenvalue weighted by molar-refractivity contribution is -0.133. The van der Waals surface area contributed by atoms with Crippen molar-refractivity contribution in [1.82, 2.24) is 10.2 Å². The molecule has 3 nitrogen and oxygen atoms in total. The Balaban J connectivity index is 1.73. The van der Waals surface area contributed by atoms with Crippen molar-refractivity contribution in [3.8, 4) is 0 Å². The average molecular weight is 375 g/mol. The van der Waals surface area contributed by atoms with Gasteiger partial charge in [-0.1, -0.05) is 35.9 Å². The molecule has 0 unspecified atom stereocenters. The molecule has 0 saturated heterocycles. The topological polar surface area (TPSA) is 32.3 Å². The zero-order chi connectivity index (χ0) is 18.7. The van der Waals surface area contributed by atoms with Crippen molar-refractivity contribution >= 4 is 17.5 Å². The molecule has 0 radical (unpaired) electrons. The Kier molecular flexibility index (Phi) is 5.94. The maximum atomic E-state index is 13.3. The Morgan fingerprint density at radius 2 is 1.92 bits per heavy atom. The summed E-state index contributed by atoms with van der Waals surface area (Å²) in [5, 5.41) is 4.28. The lowest BCUT2D eigenvalue weighted by atomic mass is 9.88. The van der Waals surface area contributed by atoms with Crippen molar-refractivity contribution in [2.75, 3.05) is 14.1 Å². The zero-order valence-corrected chi connectivity index (χ0v) is 15.8. The minimum Gasteiger partial charge on any atom is -0.349 e. The Morgan fingerprint density at radius 3 is 2.58 bits per heavy atom. The molecule has 0 aliphatic heterocycles. The molecular weight excluding hydrogens is 351 g/mol. The van der Waals surface area contributed by atoms with Gasteiger partial charge >= 0.3 is 0 Å². The van der Waals surface area contributed by atoms with Crippen LogP contribution in [0.2, 0.25) is 5.02 Å². The number of carbonyl (C=O) groups is 1. The molecule has 0 spiro atoms. The monoisotopic (exact) mass is 374 g/mol. The molecular formula is C21H24ClFN2O. The molecule has 1 N–H and O–H groups in total. The highest BCUT2D eigenvalue weighted by Crippen LogP contribution is 2.40. The first-order valence-electron chi connectivity index (χ1n) is 8.88. The van der Waals surface area contributed by atoms with E-state index in [4.69, 9.17) is 11.6 Å². The summed E-state index contributed by atoms with van der Waals surface area (Å²) in [6.45, 7) is 0.713. The Morgan fingerprint density at radius 1 is 1.19 bits per heavy atom. The number of rotatable bonds is 5. The van der Waals surface area contributed by atoms with E-state index in [1.165, 1.54) is 12.1 Å². The molecule has 0 aromatic heterocycles. The number of hydrogen-bond acceptors (Lipinski definition) is 2. The summed E-state index contributed by atoms with van der Waals surface area (Å²) in [5.41, 5.74) is 2.15. The van der Waals surface area contributed by atoms with Gasteiger partial charge in [-0.05, 0) is 54.2 Å². The van der Waals surface area contributed by atoms with Crippen LogP contribution < -0.4 is 5.32 Å². The van der Waals surface area contributed by atoms with Gasteiger partial charge in [-0.15, -0.1) is 0 Å². The third-order valence-corrected chi connectivity index (χ3v) is 5.34. The molecule has 5 heteroatoms. The van der Waals surface area contributed by atoms with Gasteiger partial charge in [0.2, 0.25) is 5.91 Å². The SMILES string of the molecule is CN(C)C(=O)[C@H]1C[C@@H](NCc2cccc(Cl)c2)C[C@@H]1c1ccc(F)cc1. The second-order valence-electron chi connectivity index (χ2n) is 7.18. The standard InChI is InChI=1S/C21H24ClFN2O/c1-25(2)21(26)20-12-18(24-13-14-4-3-5-16(22)10-14)11-19(20)15-6-8-17(23)9-7-15/h3-10,18-20,24H,11-13H2,1-2H3/t18-,19+,20-/m0/s1. The summed E-state index contributed by atoms with van der Waals surface area (Å²) in [6.07, 6.45) is 1.63. The molecule has 0 bridgehead atoms. The van der Waals surface area contributed by atoms with Crippen molar-refractivity contribution < 1.29 is 9.18 Å². The van der Waals surface area contributed by atoms with Crippen molar-refractivity contribution in [1.29, 1.82) is 0 Å². The van der Waals surface area contributed by atoms with Gasteiger partial charge in [0.05, 0.1) is 0 Å². The van der Waals surface area contributed by atoms with E-state index in [1.807, 2.05) is 24.3 Å². The highest BCUT2D eigenvalue weighted by Gasteiger charge is 2.39. The van der Waals surface area contributed by atoms with E-state index < -0.39 is 0 Å². The van der Waals surface area contributed by atoms with Gasteiger partial charge in [-0.3, -0.25) is 4.79 Å². The molecule has 2 aromatic carbocycles. The molecule has 1 amide bonds. The molecule has 1 fully saturated rings. The van der Waals surface area contributed by atoms with Crippen LogP contribution in [0.4, 0.5) is 4.39 Å². The third kappa shape index (κ3) is 4.43. The predicted molar refractivity (Wildman–Crippen MR) is 103 cm³/mol. The molecule has 26 heavy (non-hydrogen) atoms. The minimum absolute atomic E-state index is 0.0904.